The van der Waals surface area contributed by atoms with E-state index in [1.54, 1.807) is 36.8 Å². The van der Waals surface area contributed by atoms with Crippen LogP contribution in [0.15, 0.2) is 40.0 Å². The van der Waals surface area contributed by atoms with Crippen LogP contribution in [0.5, 0.6) is 0 Å². The number of sulfonamides is 1. The Morgan fingerprint density at radius 1 is 1.40 bits per heavy atom. The molecule has 0 fully saturated rings. The van der Waals surface area contributed by atoms with Gasteiger partial charge >= 0.3 is 6.09 Å². The van der Waals surface area contributed by atoms with E-state index in [1.807, 2.05) is 0 Å². The molecule has 3 rings (SSSR count). The summed E-state index contributed by atoms with van der Waals surface area (Å²) in [7, 11) is -2.37. The van der Waals surface area contributed by atoms with Gasteiger partial charge in [0, 0.05) is 37.9 Å². The summed E-state index contributed by atoms with van der Waals surface area (Å²) >= 11 is 1.27. The van der Waals surface area contributed by atoms with Gasteiger partial charge in [-0.15, -0.1) is 11.3 Å². The number of carbonyl (C=O) groups excluding carboxylic acids is 1. The molecule has 2 N–H and O–H groups in total. The standard InChI is InChI=1S/C19H24N4O5S2/c1-3-21-19(25)28-22-15-6-4-5-14-17(12-29-18(14)15)30(26,27)23(2)11-16(24)13-7-9-20-10-8-13/h7-10,12,16,24H,3-6,11H2,1-2H3,(H,21,25)/b22-15-. The quantitative estimate of drug-likeness (QED) is 0.491. The van der Waals surface area contributed by atoms with Crippen LogP contribution in [0.25, 0.3) is 0 Å². The van der Waals surface area contributed by atoms with Crippen molar-refractivity contribution in [2.45, 2.75) is 37.2 Å². The zero-order chi connectivity index (χ0) is 21.7. The Labute approximate surface area is 179 Å². The minimum atomic E-state index is -3.81. The zero-order valence-electron chi connectivity index (χ0n) is 16.7. The van der Waals surface area contributed by atoms with Crippen molar-refractivity contribution in [2.24, 2.45) is 5.16 Å². The number of pyridine rings is 1. The van der Waals surface area contributed by atoms with E-state index in [1.165, 1.54) is 18.4 Å². The van der Waals surface area contributed by atoms with Crippen LogP contribution >= 0.6 is 11.3 Å². The van der Waals surface area contributed by atoms with E-state index in [0.717, 1.165) is 4.31 Å². The van der Waals surface area contributed by atoms with Crippen LogP contribution in [0, 0.1) is 0 Å². The fourth-order valence-electron chi connectivity index (χ4n) is 3.17. The first-order valence-electron chi connectivity index (χ1n) is 9.51. The Bertz CT molecular complexity index is 1020. The molecule has 1 aliphatic carbocycles. The van der Waals surface area contributed by atoms with Gasteiger partial charge in [-0.2, -0.15) is 4.31 Å². The van der Waals surface area contributed by atoms with Crippen molar-refractivity contribution in [2.75, 3.05) is 20.1 Å². The summed E-state index contributed by atoms with van der Waals surface area (Å²) < 4.78 is 27.5. The van der Waals surface area contributed by atoms with Crippen molar-refractivity contribution >= 4 is 33.2 Å². The molecule has 0 aromatic carbocycles. The Kier molecular flexibility index (Phi) is 7.19. The fourth-order valence-corrected chi connectivity index (χ4v) is 6.05. The van der Waals surface area contributed by atoms with Gasteiger partial charge in [0.05, 0.1) is 21.6 Å². The summed E-state index contributed by atoms with van der Waals surface area (Å²) in [5.41, 5.74) is 1.83. The number of nitrogens with one attached hydrogen (secondary N) is 1. The maximum Gasteiger partial charge on any atom is 0.433 e. The summed E-state index contributed by atoms with van der Waals surface area (Å²) in [6.07, 6.45) is 3.37. The molecule has 0 bridgehead atoms. The molecule has 1 atom stereocenters. The minimum absolute atomic E-state index is 0.0851. The third kappa shape index (κ3) is 4.86. The fraction of sp³-hybridized carbons (Fsp3) is 0.421. The number of aliphatic hydroxyl groups excluding tert-OH is 1. The second-order valence-electron chi connectivity index (χ2n) is 6.79. The van der Waals surface area contributed by atoms with Gasteiger partial charge in [0.2, 0.25) is 10.0 Å². The molecule has 2 aromatic rings. The second kappa shape index (κ2) is 9.65. The normalized spacial score (nSPS) is 16.3. The number of thiophene rings is 1. The Balaban J connectivity index is 1.80. The van der Waals surface area contributed by atoms with E-state index in [0.29, 0.717) is 47.5 Å². The lowest BCUT2D eigenvalue weighted by molar-refractivity contribution is 0.151. The number of fused-ring (bicyclic) bond motifs is 1. The van der Waals surface area contributed by atoms with Crippen LogP contribution in [0.2, 0.25) is 0 Å². The molecule has 30 heavy (non-hydrogen) atoms. The van der Waals surface area contributed by atoms with Gasteiger partial charge in [-0.1, -0.05) is 5.16 Å². The Morgan fingerprint density at radius 2 is 2.13 bits per heavy atom. The van der Waals surface area contributed by atoms with Crippen molar-refractivity contribution in [3.8, 4) is 0 Å². The summed E-state index contributed by atoms with van der Waals surface area (Å²) in [5.74, 6) is 0. The molecule has 162 valence electrons. The van der Waals surface area contributed by atoms with Gasteiger partial charge in [0.15, 0.2) is 0 Å². The molecule has 0 radical (unpaired) electrons. The maximum atomic E-state index is 13.2. The summed E-state index contributed by atoms with van der Waals surface area (Å²) in [5, 5.41) is 18.4. The average Bonchev–Trinajstić information content (AvgIpc) is 3.18. The molecule has 2 heterocycles. The lowest BCUT2D eigenvalue weighted by Crippen LogP contribution is -2.32. The highest BCUT2D eigenvalue weighted by molar-refractivity contribution is 7.89. The van der Waals surface area contributed by atoms with E-state index in [9.17, 15) is 18.3 Å². The zero-order valence-corrected chi connectivity index (χ0v) is 18.4. The van der Waals surface area contributed by atoms with E-state index in [2.05, 4.69) is 15.5 Å². The highest BCUT2D eigenvalue weighted by Crippen LogP contribution is 2.35. The van der Waals surface area contributed by atoms with Gasteiger partial charge in [-0.05, 0) is 49.4 Å². The number of carbonyl (C=O) groups is 1. The molecular formula is C19H24N4O5S2. The number of nitrogens with zero attached hydrogens (tertiary/aromatic N) is 3. The number of likely N-dealkylation sites (N-methyl/N-ethyl adjacent to an activating group) is 1. The van der Waals surface area contributed by atoms with Crippen LogP contribution in [0.1, 0.15) is 41.9 Å². The van der Waals surface area contributed by atoms with Crippen molar-refractivity contribution in [3.05, 3.63) is 45.9 Å². The summed E-state index contributed by atoms with van der Waals surface area (Å²) in [6.45, 7) is 2.11. The number of hydrogen-bond donors (Lipinski definition) is 2. The van der Waals surface area contributed by atoms with E-state index in [-0.39, 0.29) is 11.4 Å². The van der Waals surface area contributed by atoms with Gasteiger partial charge < -0.3 is 10.4 Å². The number of amides is 1. The van der Waals surface area contributed by atoms with Crippen LogP contribution < -0.4 is 5.32 Å². The SMILES string of the molecule is CCNC(=O)O/N=C1/CCCc2c(S(=O)(=O)N(C)CC(O)c3ccncc3)csc21. The first-order chi connectivity index (χ1) is 14.3. The van der Waals surface area contributed by atoms with Crippen molar-refractivity contribution in [1.82, 2.24) is 14.6 Å². The Hall–Kier alpha value is -2.34. The smallest absolute Gasteiger partial charge is 0.387 e. The molecule has 0 saturated heterocycles. The van der Waals surface area contributed by atoms with Gasteiger partial charge in [-0.3, -0.25) is 9.82 Å². The largest absolute Gasteiger partial charge is 0.433 e. The first kappa shape index (κ1) is 22.3. The van der Waals surface area contributed by atoms with Crippen molar-refractivity contribution in [1.29, 1.82) is 0 Å². The second-order valence-corrected chi connectivity index (χ2v) is 9.68. The number of oxime groups is 1. The first-order valence-corrected chi connectivity index (χ1v) is 11.8. The molecule has 1 aliphatic rings. The molecule has 0 spiro atoms. The predicted molar refractivity (Wildman–Crippen MR) is 113 cm³/mol. The van der Waals surface area contributed by atoms with Gasteiger partial charge in [-0.25, -0.2) is 13.2 Å². The molecule has 2 aromatic heterocycles. The predicted octanol–water partition coefficient (Wildman–Crippen LogP) is 2.28. The van der Waals surface area contributed by atoms with E-state index in [4.69, 9.17) is 4.84 Å². The summed E-state index contributed by atoms with van der Waals surface area (Å²) in [6, 6.07) is 3.30. The third-order valence-electron chi connectivity index (χ3n) is 4.73. The maximum absolute atomic E-state index is 13.2. The Morgan fingerprint density at radius 3 is 2.83 bits per heavy atom. The molecule has 0 saturated carbocycles. The van der Waals surface area contributed by atoms with Crippen LogP contribution in [0.4, 0.5) is 4.79 Å². The lowest BCUT2D eigenvalue weighted by atomic mass is 9.98. The highest BCUT2D eigenvalue weighted by Gasteiger charge is 2.31. The molecular weight excluding hydrogens is 428 g/mol. The minimum Gasteiger partial charge on any atom is -0.387 e. The molecule has 1 unspecified atom stereocenters. The van der Waals surface area contributed by atoms with Gasteiger partial charge in [0.25, 0.3) is 0 Å². The van der Waals surface area contributed by atoms with Crippen molar-refractivity contribution in [3.63, 3.8) is 0 Å². The highest BCUT2D eigenvalue weighted by atomic mass is 32.2. The number of aromatic nitrogens is 1. The third-order valence-corrected chi connectivity index (χ3v) is 7.84. The average molecular weight is 453 g/mol. The van der Waals surface area contributed by atoms with Crippen molar-refractivity contribution < 1.29 is 23.2 Å². The number of aliphatic hydroxyl groups is 1. The number of hydrogen-bond acceptors (Lipinski definition) is 8. The monoisotopic (exact) mass is 452 g/mol. The van der Waals surface area contributed by atoms with Gasteiger partial charge in [0.1, 0.15) is 0 Å². The van der Waals surface area contributed by atoms with Crippen LogP contribution in [0.3, 0.4) is 0 Å². The molecule has 1 amide bonds. The van der Waals surface area contributed by atoms with Crippen LogP contribution in [-0.2, 0) is 21.3 Å². The topological polar surface area (TPSA) is 121 Å². The van der Waals surface area contributed by atoms with Crippen LogP contribution in [-0.4, -0.2) is 54.8 Å². The molecule has 11 heteroatoms. The van der Waals surface area contributed by atoms with E-state index < -0.39 is 22.2 Å². The molecule has 0 aliphatic heterocycles. The molecule has 9 nitrogen and oxygen atoms in total. The van der Waals surface area contributed by atoms with E-state index >= 15 is 0 Å². The lowest BCUT2D eigenvalue weighted by Gasteiger charge is -2.22. The number of rotatable bonds is 7. The summed E-state index contributed by atoms with van der Waals surface area (Å²) in [4.78, 5) is 21.2.